The molecule has 6 atom stereocenters. The first-order valence-electron chi connectivity index (χ1n) is 38.6. The number of aliphatic hydroxyl groups is 1. The van der Waals surface area contributed by atoms with Gasteiger partial charge in [-0.2, -0.15) is 0 Å². The van der Waals surface area contributed by atoms with Gasteiger partial charge in [-0.15, -0.1) is 0 Å². The minimum absolute atomic E-state index is 0.0757. The van der Waals surface area contributed by atoms with E-state index in [0.717, 1.165) is 147 Å². The first-order chi connectivity index (χ1) is 47.1. The number of carbonyl (C=O) groups excluding carboxylic acids is 4. The van der Waals surface area contributed by atoms with E-state index < -0.39 is 97.5 Å². The lowest BCUT2D eigenvalue weighted by Gasteiger charge is -2.21. The molecule has 0 aliphatic heterocycles. The van der Waals surface area contributed by atoms with Gasteiger partial charge >= 0.3 is 39.5 Å². The molecule has 0 saturated carbocycles. The molecule has 3 unspecified atom stereocenters. The Hall–Kier alpha value is -3.50. The molecule has 0 heterocycles. The minimum Gasteiger partial charge on any atom is -0.462 e. The zero-order chi connectivity index (χ0) is 71.2. The molecule has 0 aromatic heterocycles. The molecule has 0 rings (SSSR count). The molecular formula is C78H140O17P2. The molecule has 0 spiro atoms. The van der Waals surface area contributed by atoms with Crippen molar-refractivity contribution in [1.29, 1.82) is 0 Å². The van der Waals surface area contributed by atoms with Crippen molar-refractivity contribution >= 4 is 39.5 Å². The van der Waals surface area contributed by atoms with Crippen LogP contribution in [0.4, 0.5) is 0 Å². The van der Waals surface area contributed by atoms with E-state index >= 15 is 0 Å². The van der Waals surface area contributed by atoms with Gasteiger partial charge in [0.15, 0.2) is 12.2 Å². The van der Waals surface area contributed by atoms with Crippen molar-refractivity contribution in [2.45, 2.75) is 355 Å². The molecule has 0 saturated heterocycles. The van der Waals surface area contributed by atoms with Gasteiger partial charge in [0.1, 0.15) is 19.3 Å². The van der Waals surface area contributed by atoms with Crippen molar-refractivity contribution in [3.63, 3.8) is 0 Å². The maximum Gasteiger partial charge on any atom is 0.472 e. The summed E-state index contributed by atoms with van der Waals surface area (Å²) in [6, 6.07) is 0. The Labute approximate surface area is 590 Å². The molecule has 0 aliphatic carbocycles. The monoisotopic (exact) mass is 1410 g/mol. The van der Waals surface area contributed by atoms with Crippen molar-refractivity contribution < 1.29 is 80.2 Å². The Bertz CT molecular complexity index is 2140. The second kappa shape index (κ2) is 69.6. The summed E-state index contributed by atoms with van der Waals surface area (Å²) in [6.07, 6.45) is 67.5. The van der Waals surface area contributed by atoms with Gasteiger partial charge < -0.3 is 33.8 Å². The fourth-order valence-electron chi connectivity index (χ4n) is 10.4. The van der Waals surface area contributed by atoms with E-state index in [-0.39, 0.29) is 25.7 Å². The second-order valence-corrected chi connectivity index (χ2v) is 29.2. The fourth-order valence-corrected chi connectivity index (χ4v) is 12.0. The SMILES string of the molecule is CCCCCC/C=C\C=C/CCCCCCCC(=O)OC[C@H](COP(=O)(O)OC[C@@H](O)COP(=O)(O)OC[C@@H](COC(=O)CCCCCCCCCCC(C)CC)OC(=O)CCCCCCC/C=C\C=C/CCCCCC)OC(=O)CCCCCCC/C=C\C=C/CCCCCC. The third-order valence-electron chi connectivity index (χ3n) is 16.8. The van der Waals surface area contributed by atoms with Gasteiger partial charge in [0, 0.05) is 25.7 Å². The van der Waals surface area contributed by atoms with Crippen LogP contribution in [0.3, 0.4) is 0 Å². The molecule has 3 N–H and O–H groups in total. The summed E-state index contributed by atoms with van der Waals surface area (Å²) in [4.78, 5) is 72.8. The van der Waals surface area contributed by atoms with Crippen LogP contribution in [0.1, 0.15) is 336 Å². The molecule has 97 heavy (non-hydrogen) atoms. The quantitative estimate of drug-likeness (QED) is 0.0169. The molecular weight excluding hydrogens is 1270 g/mol. The number of esters is 4. The largest absolute Gasteiger partial charge is 0.472 e. The first-order valence-corrected chi connectivity index (χ1v) is 41.6. The number of phosphoric acid groups is 2. The summed E-state index contributed by atoms with van der Waals surface area (Å²) in [5.74, 6) is -1.43. The zero-order valence-corrected chi connectivity index (χ0v) is 63.5. The second-order valence-electron chi connectivity index (χ2n) is 26.3. The van der Waals surface area contributed by atoms with Crippen LogP contribution < -0.4 is 0 Å². The lowest BCUT2D eigenvalue weighted by Crippen LogP contribution is -2.30. The summed E-state index contributed by atoms with van der Waals surface area (Å²) in [7, 11) is -9.95. The molecule has 0 aromatic carbocycles. The van der Waals surface area contributed by atoms with Gasteiger partial charge in [0.2, 0.25) is 0 Å². The van der Waals surface area contributed by atoms with Crippen molar-refractivity contribution in [2.75, 3.05) is 39.6 Å². The van der Waals surface area contributed by atoms with Crippen LogP contribution in [0.2, 0.25) is 0 Å². The van der Waals surface area contributed by atoms with Crippen LogP contribution in [-0.4, -0.2) is 96.7 Å². The maximum absolute atomic E-state index is 13.1. The normalized spacial score (nSPS) is 14.7. The highest BCUT2D eigenvalue weighted by atomic mass is 31.2. The van der Waals surface area contributed by atoms with Crippen molar-refractivity contribution in [3.8, 4) is 0 Å². The van der Waals surface area contributed by atoms with Gasteiger partial charge in [-0.05, 0) is 109 Å². The molecule has 17 nitrogen and oxygen atoms in total. The first kappa shape index (κ1) is 93.5. The predicted molar refractivity (Wildman–Crippen MR) is 395 cm³/mol. The van der Waals surface area contributed by atoms with Gasteiger partial charge in [-0.25, -0.2) is 9.13 Å². The molecule has 0 aromatic rings. The smallest absolute Gasteiger partial charge is 0.462 e. The summed E-state index contributed by atoms with van der Waals surface area (Å²) in [5, 5.41) is 10.6. The van der Waals surface area contributed by atoms with Gasteiger partial charge in [-0.1, -0.05) is 281 Å². The standard InChI is InChI=1S/C78H140O17P2/c1-6-10-13-16-19-22-25-28-31-34-37-40-46-51-56-61-75(80)88-67-73(94-77(82)63-58-53-48-41-38-35-32-29-26-23-20-17-14-11-7-2)69-92-96(84,85)90-65-72(79)66-91-97(86,87)93-70-74(68-89-76(81)62-57-52-47-44-43-45-50-55-60-71(5)9-4)95-78(83)64-59-54-49-42-39-36-33-30-27-24-21-18-15-12-8-3/h22-33,71-74,79H,6-21,34-70H2,1-5H3,(H,84,85)(H,86,87)/b25-22-,26-23-,27-24-,31-28-,32-29-,33-30-/t71?,72-,73-,74-/m1/s1. The topological polar surface area (TPSA) is 237 Å². The summed E-state index contributed by atoms with van der Waals surface area (Å²) in [6.45, 7) is 7.10. The number of phosphoric ester groups is 2. The van der Waals surface area contributed by atoms with E-state index in [1.165, 1.54) is 109 Å². The fraction of sp³-hybridized carbons (Fsp3) is 0.795. The Kier molecular flexibility index (Phi) is 67.1. The Morgan fingerprint density at radius 1 is 0.330 bits per heavy atom. The highest BCUT2D eigenvalue weighted by molar-refractivity contribution is 7.47. The van der Waals surface area contributed by atoms with E-state index in [9.17, 15) is 43.2 Å². The van der Waals surface area contributed by atoms with E-state index in [1.807, 2.05) is 0 Å². The molecule has 19 heteroatoms. The average Bonchev–Trinajstić information content (AvgIpc) is 1.07. The summed E-state index contributed by atoms with van der Waals surface area (Å²) >= 11 is 0. The van der Waals surface area contributed by atoms with Crippen molar-refractivity contribution in [1.82, 2.24) is 0 Å². The van der Waals surface area contributed by atoms with Crippen LogP contribution in [0.5, 0.6) is 0 Å². The molecule has 0 fully saturated rings. The molecule has 0 bridgehead atoms. The zero-order valence-electron chi connectivity index (χ0n) is 61.7. The van der Waals surface area contributed by atoms with Crippen LogP contribution in [0.15, 0.2) is 72.9 Å². The third-order valence-corrected chi connectivity index (χ3v) is 18.7. The van der Waals surface area contributed by atoms with Crippen molar-refractivity contribution in [3.05, 3.63) is 72.9 Å². The van der Waals surface area contributed by atoms with Crippen LogP contribution in [0.25, 0.3) is 0 Å². The molecule has 0 amide bonds. The molecule has 564 valence electrons. The Morgan fingerprint density at radius 2 is 0.577 bits per heavy atom. The predicted octanol–water partition coefficient (Wildman–Crippen LogP) is 21.9. The third kappa shape index (κ3) is 69.4. The maximum atomic E-state index is 13.1. The Morgan fingerprint density at radius 3 is 0.866 bits per heavy atom. The lowest BCUT2D eigenvalue weighted by molar-refractivity contribution is -0.161. The number of rotatable bonds is 72. The number of carbonyl (C=O) groups is 4. The van der Waals surface area contributed by atoms with Crippen LogP contribution in [0, 0.1) is 5.92 Å². The number of ether oxygens (including phenoxy) is 4. The van der Waals surface area contributed by atoms with Crippen LogP contribution >= 0.6 is 15.6 Å². The summed E-state index contributed by atoms with van der Waals surface area (Å²) in [5.41, 5.74) is 0. The van der Waals surface area contributed by atoms with E-state index in [2.05, 4.69) is 108 Å². The average molecular weight is 1410 g/mol. The number of aliphatic hydroxyl groups excluding tert-OH is 1. The van der Waals surface area contributed by atoms with E-state index in [1.54, 1.807) is 0 Å². The van der Waals surface area contributed by atoms with Gasteiger partial charge in [0.25, 0.3) is 0 Å². The van der Waals surface area contributed by atoms with Crippen LogP contribution in [-0.2, 0) is 65.4 Å². The number of unbranched alkanes of at least 4 members (excludes halogenated alkanes) is 34. The highest BCUT2D eigenvalue weighted by Gasteiger charge is 2.30. The highest BCUT2D eigenvalue weighted by Crippen LogP contribution is 2.45. The van der Waals surface area contributed by atoms with E-state index in [0.29, 0.717) is 25.7 Å². The number of hydrogen-bond acceptors (Lipinski definition) is 15. The van der Waals surface area contributed by atoms with Gasteiger partial charge in [0.05, 0.1) is 26.4 Å². The van der Waals surface area contributed by atoms with E-state index in [4.69, 9.17) is 37.0 Å². The lowest BCUT2D eigenvalue weighted by atomic mass is 9.99. The molecule has 0 radical (unpaired) electrons. The Balaban J connectivity index is 5.38. The van der Waals surface area contributed by atoms with Crippen molar-refractivity contribution in [2.24, 2.45) is 5.92 Å². The summed E-state index contributed by atoms with van der Waals surface area (Å²) < 4.78 is 68.5. The minimum atomic E-state index is -4.98. The van der Waals surface area contributed by atoms with Gasteiger partial charge in [-0.3, -0.25) is 37.3 Å². The molecule has 0 aliphatic rings. The number of hydrogen-bond donors (Lipinski definition) is 3. The number of allylic oxidation sites excluding steroid dienone is 12.